The summed E-state index contributed by atoms with van der Waals surface area (Å²) in [5.74, 6) is 0.0309. The molecule has 0 aliphatic carbocycles. The standard InChI is InChI=1S/C10H8F3N3O2/c11-10(12,13)5-18-9(17)16-8-14-6-3-1-2-4-7(6)15-8/h1-4H,5H2,(H2,14,15,16,17). The lowest BCUT2D eigenvalue weighted by molar-refractivity contribution is -0.159. The lowest BCUT2D eigenvalue weighted by atomic mass is 10.3. The first-order valence-corrected chi connectivity index (χ1v) is 4.89. The van der Waals surface area contributed by atoms with Crippen LogP contribution in [0.25, 0.3) is 11.0 Å². The third-order valence-corrected chi connectivity index (χ3v) is 1.98. The molecule has 2 N–H and O–H groups in total. The van der Waals surface area contributed by atoms with Crippen molar-refractivity contribution in [1.82, 2.24) is 9.97 Å². The number of anilines is 1. The molecule has 5 nitrogen and oxygen atoms in total. The first-order chi connectivity index (χ1) is 8.44. The van der Waals surface area contributed by atoms with E-state index >= 15 is 0 Å². The number of amides is 1. The molecule has 1 amide bonds. The number of imidazole rings is 1. The van der Waals surface area contributed by atoms with Crippen molar-refractivity contribution in [1.29, 1.82) is 0 Å². The van der Waals surface area contributed by atoms with Crippen LogP contribution in [-0.4, -0.2) is 28.8 Å². The number of benzene rings is 1. The van der Waals surface area contributed by atoms with Gasteiger partial charge in [-0.2, -0.15) is 13.2 Å². The van der Waals surface area contributed by atoms with Crippen molar-refractivity contribution >= 4 is 23.1 Å². The van der Waals surface area contributed by atoms with Crippen LogP contribution in [0.4, 0.5) is 23.9 Å². The van der Waals surface area contributed by atoms with Gasteiger partial charge >= 0.3 is 12.3 Å². The second kappa shape index (κ2) is 4.55. The van der Waals surface area contributed by atoms with E-state index in [1.165, 1.54) is 0 Å². The predicted octanol–water partition coefficient (Wildman–Crippen LogP) is 2.67. The zero-order valence-corrected chi connectivity index (χ0v) is 8.91. The van der Waals surface area contributed by atoms with Crippen molar-refractivity contribution in [2.45, 2.75) is 6.18 Å². The van der Waals surface area contributed by atoms with E-state index in [0.717, 1.165) is 0 Å². The van der Waals surface area contributed by atoms with E-state index in [0.29, 0.717) is 11.0 Å². The lowest BCUT2D eigenvalue weighted by Gasteiger charge is -2.07. The monoisotopic (exact) mass is 259 g/mol. The summed E-state index contributed by atoms with van der Waals surface area (Å²) in [7, 11) is 0. The average Bonchev–Trinajstić information content (AvgIpc) is 2.67. The Morgan fingerprint density at radius 1 is 1.39 bits per heavy atom. The molecule has 1 heterocycles. The summed E-state index contributed by atoms with van der Waals surface area (Å²) in [5, 5.41) is 2.08. The summed E-state index contributed by atoms with van der Waals surface area (Å²) < 4.78 is 39.4. The molecule has 2 rings (SSSR count). The van der Waals surface area contributed by atoms with Crippen molar-refractivity contribution in [3.63, 3.8) is 0 Å². The number of aromatic amines is 1. The van der Waals surface area contributed by atoms with Gasteiger partial charge in [-0.15, -0.1) is 0 Å². The molecule has 0 saturated carbocycles. The number of hydrogen-bond donors (Lipinski definition) is 2. The fourth-order valence-electron chi connectivity index (χ4n) is 1.29. The molecular weight excluding hydrogens is 251 g/mol. The topological polar surface area (TPSA) is 67.0 Å². The number of halogens is 3. The molecule has 1 aromatic heterocycles. The lowest BCUT2D eigenvalue weighted by Crippen LogP contribution is -2.23. The van der Waals surface area contributed by atoms with Gasteiger partial charge in [-0.3, -0.25) is 5.32 Å². The molecule has 8 heteroatoms. The van der Waals surface area contributed by atoms with Gasteiger partial charge in [0.25, 0.3) is 0 Å². The number of nitrogens with zero attached hydrogens (tertiary/aromatic N) is 1. The quantitative estimate of drug-likeness (QED) is 0.871. The largest absolute Gasteiger partial charge is 0.440 e. The Labute approximate surface area is 99.0 Å². The Hall–Kier alpha value is -2.25. The zero-order valence-electron chi connectivity index (χ0n) is 8.91. The van der Waals surface area contributed by atoms with Gasteiger partial charge in [-0.25, -0.2) is 9.78 Å². The van der Waals surface area contributed by atoms with E-state index in [2.05, 4.69) is 20.0 Å². The van der Waals surface area contributed by atoms with Crippen molar-refractivity contribution in [3.05, 3.63) is 24.3 Å². The molecule has 1 aromatic carbocycles. The van der Waals surface area contributed by atoms with Gasteiger partial charge in [0.2, 0.25) is 5.95 Å². The van der Waals surface area contributed by atoms with Crippen LogP contribution >= 0.6 is 0 Å². The van der Waals surface area contributed by atoms with Crippen LogP contribution < -0.4 is 5.32 Å². The van der Waals surface area contributed by atoms with Crippen molar-refractivity contribution in [2.24, 2.45) is 0 Å². The number of ether oxygens (including phenoxy) is 1. The third kappa shape index (κ3) is 3.12. The summed E-state index contributed by atoms with van der Waals surface area (Å²) in [5.41, 5.74) is 1.24. The van der Waals surface area contributed by atoms with Gasteiger partial charge in [0, 0.05) is 0 Å². The first kappa shape index (κ1) is 12.2. The van der Waals surface area contributed by atoms with Crippen LogP contribution in [0.3, 0.4) is 0 Å². The summed E-state index contributed by atoms with van der Waals surface area (Å²) in [6.45, 7) is -1.64. The smallest absolute Gasteiger partial charge is 0.422 e. The summed E-state index contributed by atoms with van der Waals surface area (Å²) in [4.78, 5) is 17.7. The van der Waals surface area contributed by atoms with Crippen molar-refractivity contribution in [3.8, 4) is 0 Å². The fraction of sp³-hybridized carbons (Fsp3) is 0.200. The minimum atomic E-state index is -4.55. The van der Waals surface area contributed by atoms with Crippen LogP contribution in [-0.2, 0) is 4.74 Å². The normalized spacial score (nSPS) is 11.5. The molecule has 96 valence electrons. The van der Waals surface area contributed by atoms with E-state index in [9.17, 15) is 18.0 Å². The van der Waals surface area contributed by atoms with Gasteiger partial charge in [0.05, 0.1) is 11.0 Å². The van der Waals surface area contributed by atoms with Crippen molar-refractivity contribution < 1.29 is 22.7 Å². The molecule has 0 bridgehead atoms. The highest BCUT2D eigenvalue weighted by atomic mass is 19.4. The number of hydrogen-bond acceptors (Lipinski definition) is 3. The van der Waals surface area contributed by atoms with Crippen LogP contribution in [0.2, 0.25) is 0 Å². The van der Waals surface area contributed by atoms with Gasteiger partial charge in [-0.1, -0.05) is 12.1 Å². The maximum Gasteiger partial charge on any atom is 0.422 e. The Kier molecular flexibility index (Phi) is 3.09. The van der Waals surface area contributed by atoms with E-state index in [4.69, 9.17) is 0 Å². The summed E-state index contributed by atoms with van der Waals surface area (Å²) >= 11 is 0. The Bertz CT molecular complexity index is 532. The highest BCUT2D eigenvalue weighted by molar-refractivity contribution is 5.86. The second-order valence-electron chi connectivity index (χ2n) is 3.42. The molecule has 0 aliphatic rings. The van der Waals surface area contributed by atoms with Crippen molar-refractivity contribution in [2.75, 3.05) is 11.9 Å². The minimum absolute atomic E-state index is 0.0309. The fourth-order valence-corrected chi connectivity index (χ4v) is 1.29. The average molecular weight is 259 g/mol. The van der Waals surface area contributed by atoms with Crippen LogP contribution in [0.15, 0.2) is 24.3 Å². The number of alkyl halides is 3. The molecule has 0 radical (unpaired) electrons. The molecule has 18 heavy (non-hydrogen) atoms. The number of para-hydroxylation sites is 2. The number of nitrogens with one attached hydrogen (secondary N) is 2. The predicted molar refractivity (Wildman–Crippen MR) is 57.1 cm³/mol. The van der Waals surface area contributed by atoms with Crippen LogP contribution in [0, 0.1) is 0 Å². The molecule has 0 spiro atoms. The molecular formula is C10H8F3N3O2. The summed E-state index contributed by atoms with van der Waals surface area (Å²) in [6.07, 6.45) is -5.77. The number of aromatic nitrogens is 2. The molecule has 0 aliphatic heterocycles. The van der Waals surface area contributed by atoms with Crippen LogP contribution in [0.1, 0.15) is 0 Å². The molecule has 2 aromatic rings. The van der Waals surface area contributed by atoms with E-state index in [1.807, 2.05) is 0 Å². The highest BCUT2D eigenvalue weighted by Crippen LogP contribution is 2.16. The molecule has 0 atom stereocenters. The number of fused-ring (bicyclic) bond motifs is 1. The van der Waals surface area contributed by atoms with Crippen LogP contribution in [0.5, 0.6) is 0 Å². The van der Waals surface area contributed by atoms with Gasteiger partial charge in [0.1, 0.15) is 0 Å². The molecule has 0 unspecified atom stereocenters. The number of carbonyl (C=O) groups excluding carboxylic acids is 1. The maximum atomic E-state index is 11.8. The molecule has 0 fully saturated rings. The van der Waals surface area contributed by atoms with E-state index < -0.39 is 18.9 Å². The van der Waals surface area contributed by atoms with E-state index in [-0.39, 0.29) is 5.95 Å². The zero-order chi connectivity index (χ0) is 13.2. The van der Waals surface area contributed by atoms with Gasteiger partial charge < -0.3 is 9.72 Å². The Morgan fingerprint density at radius 3 is 2.78 bits per heavy atom. The SMILES string of the molecule is O=C(Nc1nc2ccccc2[nH]1)OCC(F)(F)F. The number of carbonyl (C=O) groups is 1. The Morgan fingerprint density at radius 2 is 2.11 bits per heavy atom. The maximum absolute atomic E-state index is 11.8. The Balaban J connectivity index is 1.99. The molecule has 0 saturated heterocycles. The summed E-state index contributed by atoms with van der Waals surface area (Å²) in [6, 6.07) is 6.91. The number of rotatable bonds is 2. The minimum Gasteiger partial charge on any atom is -0.440 e. The second-order valence-corrected chi connectivity index (χ2v) is 3.42. The first-order valence-electron chi connectivity index (χ1n) is 4.89. The number of H-pyrrole nitrogens is 1. The van der Waals surface area contributed by atoms with Gasteiger partial charge in [-0.05, 0) is 12.1 Å². The highest BCUT2D eigenvalue weighted by Gasteiger charge is 2.29. The van der Waals surface area contributed by atoms with E-state index in [1.54, 1.807) is 24.3 Å². The third-order valence-electron chi connectivity index (χ3n) is 1.98. The van der Waals surface area contributed by atoms with Gasteiger partial charge in [0.15, 0.2) is 6.61 Å².